The molecule has 2 atom stereocenters. The molecule has 17 heavy (non-hydrogen) atoms. The molecule has 0 amide bonds. The molecule has 0 spiro atoms. The van der Waals surface area contributed by atoms with Crippen molar-refractivity contribution >= 4 is 11.8 Å². The maximum absolute atomic E-state index is 12.0. The maximum Gasteiger partial charge on any atom is 0.317 e. The highest BCUT2D eigenvalue weighted by Gasteiger charge is 2.41. The number of nitrogens with two attached hydrogens (primary N) is 2. The molecule has 0 aliphatic carbocycles. The summed E-state index contributed by atoms with van der Waals surface area (Å²) in [6, 6.07) is 0. The van der Waals surface area contributed by atoms with Crippen LogP contribution in [0.4, 0.5) is 0 Å². The lowest BCUT2D eigenvalue weighted by Gasteiger charge is -2.23. The maximum atomic E-state index is 12.0. The Morgan fingerprint density at radius 3 is 3.00 bits per heavy atom. The predicted octanol–water partition coefficient (Wildman–Crippen LogP) is -2.76. The molecule has 0 aromatic heterocycles. The van der Waals surface area contributed by atoms with Crippen LogP contribution < -0.4 is 10.6 Å². The molecule has 98 valence electrons. The summed E-state index contributed by atoms with van der Waals surface area (Å²) in [7, 11) is 1.63. The van der Waals surface area contributed by atoms with E-state index in [0.29, 0.717) is 19.6 Å². The predicted molar refractivity (Wildman–Crippen MR) is 59.0 cm³/mol. The van der Waals surface area contributed by atoms with Gasteiger partial charge in [-0.15, -0.1) is 0 Å². The highest BCUT2D eigenvalue weighted by Crippen LogP contribution is 2.08. The largest absolute Gasteiger partial charge is 0.465 e. The molecule has 1 saturated heterocycles. The van der Waals surface area contributed by atoms with E-state index in [-0.39, 0.29) is 17.9 Å². The minimum atomic E-state index is -0.580. The molecule has 1 fully saturated rings. The molecule has 0 saturated carbocycles. The van der Waals surface area contributed by atoms with Crippen molar-refractivity contribution < 1.29 is 29.7 Å². The van der Waals surface area contributed by atoms with Crippen molar-refractivity contribution in [2.75, 3.05) is 33.4 Å². The highest BCUT2D eigenvalue weighted by molar-refractivity contribution is 6.00. The Bertz CT molecular complexity index is 270. The first-order valence-corrected chi connectivity index (χ1v) is 6.06. The van der Waals surface area contributed by atoms with Crippen LogP contribution in [0.1, 0.15) is 13.3 Å². The van der Waals surface area contributed by atoms with Gasteiger partial charge in [0.1, 0.15) is 12.5 Å². The molecule has 0 aromatic rings. The quantitative estimate of drug-likeness (QED) is 0.302. The van der Waals surface area contributed by atoms with Gasteiger partial charge in [-0.2, -0.15) is 0 Å². The molecule has 6 heteroatoms. The number of Topliss-reactive ketones (excluding diaryl/α,β-unsaturated/α-hetero) is 1. The molecule has 1 heterocycles. The topological polar surface area (TPSA) is 85.8 Å². The van der Waals surface area contributed by atoms with Gasteiger partial charge >= 0.3 is 5.97 Å². The van der Waals surface area contributed by atoms with Gasteiger partial charge in [0.15, 0.2) is 0 Å². The van der Waals surface area contributed by atoms with Gasteiger partial charge in [-0.05, 0) is 6.92 Å². The van der Waals surface area contributed by atoms with Gasteiger partial charge in [-0.25, -0.2) is 0 Å². The average molecular weight is 246 g/mol. The number of carbonyl (C=O) groups excluding carboxylic acids is 2. The average Bonchev–Trinajstić information content (AvgIpc) is 2.32. The Morgan fingerprint density at radius 1 is 1.59 bits per heavy atom. The second kappa shape index (κ2) is 7.37. The zero-order valence-corrected chi connectivity index (χ0v) is 10.5. The van der Waals surface area contributed by atoms with Crippen molar-refractivity contribution in [3.63, 3.8) is 0 Å². The summed E-state index contributed by atoms with van der Waals surface area (Å²) in [6.07, 6.45) is 0.347. The van der Waals surface area contributed by atoms with E-state index in [1.807, 2.05) is 10.6 Å². The SMILES string of the molecule is CCOC(=O)[C@@H]1CC[NH2+][C@H]([NH2+]CCOC)C1=O. The van der Waals surface area contributed by atoms with E-state index in [1.165, 1.54) is 0 Å². The van der Waals surface area contributed by atoms with Crippen molar-refractivity contribution in [1.82, 2.24) is 0 Å². The lowest BCUT2D eigenvalue weighted by molar-refractivity contribution is -0.889. The lowest BCUT2D eigenvalue weighted by Crippen LogP contribution is -3.15. The van der Waals surface area contributed by atoms with Crippen LogP contribution in [-0.4, -0.2) is 51.3 Å². The van der Waals surface area contributed by atoms with E-state index >= 15 is 0 Å². The van der Waals surface area contributed by atoms with E-state index in [9.17, 15) is 9.59 Å². The van der Waals surface area contributed by atoms with Gasteiger partial charge in [-0.3, -0.25) is 20.2 Å². The fourth-order valence-electron chi connectivity index (χ4n) is 1.99. The van der Waals surface area contributed by atoms with Crippen LogP contribution in [0, 0.1) is 5.92 Å². The number of hydrogen-bond donors (Lipinski definition) is 2. The van der Waals surface area contributed by atoms with Crippen LogP contribution in [0.3, 0.4) is 0 Å². The van der Waals surface area contributed by atoms with Gasteiger partial charge in [0, 0.05) is 13.5 Å². The number of carbonyl (C=O) groups is 2. The van der Waals surface area contributed by atoms with Gasteiger partial charge in [-0.1, -0.05) is 0 Å². The van der Waals surface area contributed by atoms with E-state index in [0.717, 1.165) is 13.1 Å². The van der Waals surface area contributed by atoms with Crippen LogP contribution in [0.2, 0.25) is 0 Å². The summed E-state index contributed by atoms with van der Waals surface area (Å²) in [4.78, 5) is 23.6. The Morgan fingerprint density at radius 2 is 2.35 bits per heavy atom. The number of ketones is 1. The third kappa shape index (κ3) is 4.07. The summed E-state index contributed by atoms with van der Waals surface area (Å²) in [5.41, 5.74) is 0. The van der Waals surface area contributed by atoms with E-state index < -0.39 is 5.92 Å². The van der Waals surface area contributed by atoms with Crippen molar-refractivity contribution in [3.05, 3.63) is 0 Å². The molecule has 0 radical (unpaired) electrons. The minimum Gasteiger partial charge on any atom is -0.465 e. The van der Waals surface area contributed by atoms with Crippen LogP contribution in [0.25, 0.3) is 0 Å². The van der Waals surface area contributed by atoms with Gasteiger partial charge in [0.2, 0.25) is 0 Å². The standard InChI is InChI=1S/C11H20N2O4/c1-3-17-11(15)8-4-5-12-10(9(8)14)13-6-7-16-2/h8,10,12-13H,3-7H2,1-2H3/p+2/t8-,10-/m1/s1. The molecule has 0 aromatic carbocycles. The molecule has 0 bridgehead atoms. The lowest BCUT2D eigenvalue weighted by atomic mass is 9.94. The fraction of sp³-hybridized carbons (Fsp3) is 0.818. The number of esters is 1. The fourth-order valence-corrected chi connectivity index (χ4v) is 1.99. The van der Waals surface area contributed by atoms with Crippen LogP contribution in [0.15, 0.2) is 0 Å². The zero-order valence-electron chi connectivity index (χ0n) is 10.5. The van der Waals surface area contributed by atoms with E-state index in [1.54, 1.807) is 14.0 Å². The number of hydrogen-bond acceptors (Lipinski definition) is 4. The monoisotopic (exact) mass is 246 g/mol. The Balaban J connectivity index is 2.47. The number of ether oxygens (including phenoxy) is 2. The summed E-state index contributed by atoms with van der Waals surface area (Å²) in [5.74, 6) is -0.995. The Hall–Kier alpha value is -0.980. The second-order valence-corrected chi connectivity index (χ2v) is 4.06. The van der Waals surface area contributed by atoms with Crippen molar-refractivity contribution in [3.8, 4) is 0 Å². The first kappa shape index (κ1) is 14.1. The molecule has 0 unspecified atom stereocenters. The van der Waals surface area contributed by atoms with Gasteiger partial charge < -0.3 is 9.47 Å². The molecule has 6 nitrogen and oxygen atoms in total. The Labute approximate surface area is 101 Å². The highest BCUT2D eigenvalue weighted by atomic mass is 16.5. The molecule has 4 N–H and O–H groups in total. The summed E-state index contributed by atoms with van der Waals surface area (Å²) in [5, 5.41) is 3.88. The number of piperidine rings is 1. The molecular weight excluding hydrogens is 224 g/mol. The number of rotatable bonds is 6. The summed E-state index contributed by atoms with van der Waals surface area (Å²) in [6.45, 7) is 4.17. The van der Waals surface area contributed by atoms with Crippen LogP contribution in [-0.2, 0) is 19.1 Å². The summed E-state index contributed by atoms with van der Waals surface area (Å²) < 4.78 is 9.85. The van der Waals surface area contributed by atoms with Crippen LogP contribution >= 0.6 is 0 Å². The first-order valence-electron chi connectivity index (χ1n) is 6.06. The van der Waals surface area contributed by atoms with Crippen molar-refractivity contribution in [2.45, 2.75) is 19.5 Å². The van der Waals surface area contributed by atoms with E-state index in [4.69, 9.17) is 9.47 Å². The summed E-state index contributed by atoms with van der Waals surface area (Å²) >= 11 is 0. The normalized spacial score (nSPS) is 24.7. The van der Waals surface area contributed by atoms with Crippen molar-refractivity contribution in [1.29, 1.82) is 0 Å². The van der Waals surface area contributed by atoms with Crippen molar-refractivity contribution in [2.24, 2.45) is 5.92 Å². The number of methoxy groups -OCH3 is 1. The minimum absolute atomic E-state index is 0.0363. The molecule has 1 aliphatic heterocycles. The zero-order chi connectivity index (χ0) is 12.7. The van der Waals surface area contributed by atoms with Gasteiger partial charge in [0.25, 0.3) is 11.9 Å². The molecule has 1 aliphatic rings. The smallest absolute Gasteiger partial charge is 0.317 e. The molecular formula is C11H22N2O4+2. The first-order chi connectivity index (χ1) is 8.20. The Kier molecular flexibility index (Phi) is 6.10. The van der Waals surface area contributed by atoms with E-state index in [2.05, 4.69) is 0 Å². The molecule has 1 rings (SSSR count). The third-order valence-electron chi connectivity index (χ3n) is 2.86. The third-order valence-corrected chi connectivity index (χ3v) is 2.86. The van der Waals surface area contributed by atoms with Crippen LogP contribution in [0.5, 0.6) is 0 Å². The number of quaternary nitrogens is 2. The van der Waals surface area contributed by atoms with Gasteiger partial charge in [0.05, 0.1) is 19.8 Å². The second-order valence-electron chi connectivity index (χ2n) is 4.06.